The number of carboxylic acids is 1. The average Bonchev–Trinajstić information content (AvgIpc) is 2.87. The van der Waals surface area contributed by atoms with Gasteiger partial charge in [-0.2, -0.15) is 0 Å². The van der Waals surface area contributed by atoms with Crippen LogP contribution in [0.1, 0.15) is 98.5 Å². The summed E-state index contributed by atoms with van der Waals surface area (Å²) in [5, 5.41) is 9.95. The summed E-state index contributed by atoms with van der Waals surface area (Å²) < 4.78 is 21.3. The van der Waals surface area contributed by atoms with Crippen LogP contribution < -0.4 is 15.2 Å². The molecule has 0 fully saturated rings. The van der Waals surface area contributed by atoms with E-state index in [4.69, 9.17) is 24.7 Å². The van der Waals surface area contributed by atoms with Crippen LogP contribution in [-0.2, 0) is 30.3 Å². The summed E-state index contributed by atoms with van der Waals surface area (Å²) in [6, 6.07) is 4.49. The molecule has 1 rings (SSSR count). The number of carboxylic acid groups (broad SMARTS) is 1. The van der Waals surface area contributed by atoms with E-state index in [0.717, 1.165) is 25.7 Å². The number of esters is 2. The minimum Gasteiger partial charge on any atom is -0.480 e. The SMILES string of the molecule is CCCCCOC(=O)O[C@@H](C)CC(N)(Cc1ccc(OC(=O)CC(C)CC)c(OC(=O)CC(C)CC)c1)C(=O)O. The first kappa shape index (κ1) is 34.9. The zero-order chi connectivity index (χ0) is 30.3. The molecular formula is C30H47NO9. The van der Waals surface area contributed by atoms with E-state index in [9.17, 15) is 24.3 Å². The van der Waals surface area contributed by atoms with Crippen molar-refractivity contribution >= 4 is 24.1 Å². The lowest BCUT2D eigenvalue weighted by atomic mass is 9.86. The Kier molecular flexibility index (Phi) is 15.3. The summed E-state index contributed by atoms with van der Waals surface area (Å²) in [5.41, 5.74) is 4.92. The van der Waals surface area contributed by atoms with E-state index in [-0.39, 0.29) is 55.6 Å². The Balaban J connectivity index is 3.10. The largest absolute Gasteiger partial charge is 0.508 e. The number of carbonyl (C=O) groups excluding carboxylic acids is 3. The predicted octanol–water partition coefficient (Wildman–Crippen LogP) is 5.82. The van der Waals surface area contributed by atoms with E-state index in [1.165, 1.54) is 12.1 Å². The monoisotopic (exact) mass is 565 g/mol. The number of aliphatic carboxylic acids is 1. The fourth-order valence-electron chi connectivity index (χ4n) is 3.87. The fourth-order valence-corrected chi connectivity index (χ4v) is 3.87. The Morgan fingerprint density at radius 3 is 2.00 bits per heavy atom. The highest BCUT2D eigenvalue weighted by molar-refractivity contribution is 5.79. The molecule has 0 aliphatic heterocycles. The van der Waals surface area contributed by atoms with Crippen molar-refractivity contribution < 1.29 is 43.2 Å². The average molecular weight is 566 g/mol. The third-order valence-electron chi connectivity index (χ3n) is 6.74. The standard InChI is InChI=1S/C30H47NO9/c1-7-10-11-14-37-29(36)38-22(6)18-30(31,28(34)35)19-23-12-13-24(39-26(32)15-20(4)8-2)25(17-23)40-27(33)16-21(5)9-3/h12-13,17,20-22H,7-11,14-16,18-19,31H2,1-6H3,(H,34,35)/t20?,21?,22-,30?/m0/s1. The highest BCUT2D eigenvalue weighted by Gasteiger charge is 2.37. The second-order valence-corrected chi connectivity index (χ2v) is 10.7. The van der Waals surface area contributed by atoms with Gasteiger partial charge in [-0.15, -0.1) is 0 Å². The first-order valence-electron chi connectivity index (χ1n) is 14.2. The molecule has 0 aromatic heterocycles. The molecule has 0 aliphatic rings. The van der Waals surface area contributed by atoms with Crippen LogP contribution in [0.2, 0.25) is 0 Å². The second kappa shape index (κ2) is 17.5. The first-order valence-corrected chi connectivity index (χ1v) is 14.2. The normalized spacial score (nSPS) is 14.8. The molecule has 4 atom stereocenters. The molecule has 0 spiro atoms. The summed E-state index contributed by atoms with van der Waals surface area (Å²) in [4.78, 5) is 49.2. The number of benzene rings is 1. The first-order chi connectivity index (χ1) is 18.8. The van der Waals surface area contributed by atoms with Crippen LogP contribution in [0.15, 0.2) is 18.2 Å². The van der Waals surface area contributed by atoms with Gasteiger partial charge in [-0.05, 0) is 42.9 Å². The minimum absolute atomic E-state index is 0.0102. The van der Waals surface area contributed by atoms with Gasteiger partial charge in [0.1, 0.15) is 11.6 Å². The van der Waals surface area contributed by atoms with Crippen LogP contribution in [0, 0.1) is 11.8 Å². The third-order valence-corrected chi connectivity index (χ3v) is 6.74. The molecule has 3 unspecified atom stereocenters. The van der Waals surface area contributed by atoms with Crippen LogP contribution in [0.4, 0.5) is 4.79 Å². The number of rotatable bonds is 18. The minimum atomic E-state index is -1.81. The maximum Gasteiger partial charge on any atom is 0.508 e. The van der Waals surface area contributed by atoms with Crippen molar-refractivity contribution in [2.24, 2.45) is 17.6 Å². The van der Waals surface area contributed by atoms with Crippen LogP contribution in [0.5, 0.6) is 11.5 Å². The number of hydrogen-bond donors (Lipinski definition) is 2. The maximum atomic E-state index is 12.6. The number of unbranched alkanes of at least 4 members (excludes halogenated alkanes) is 2. The second-order valence-electron chi connectivity index (χ2n) is 10.7. The molecule has 40 heavy (non-hydrogen) atoms. The summed E-state index contributed by atoms with van der Waals surface area (Å²) in [6.07, 6.45) is 2.47. The van der Waals surface area contributed by atoms with Crippen molar-refractivity contribution in [1.82, 2.24) is 0 Å². The molecule has 0 radical (unpaired) electrons. The molecule has 0 heterocycles. The number of nitrogens with two attached hydrogens (primary N) is 1. The molecule has 0 bridgehead atoms. The van der Waals surface area contributed by atoms with Crippen LogP contribution in [-0.4, -0.2) is 47.4 Å². The zero-order valence-corrected chi connectivity index (χ0v) is 24.8. The molecule has 3 N–H and O–H groups in total. The Bertz CT molecular complexity index is 980. The summed E-state index contributed by atoms with van der Waals surface area (Å²) in [5.74, 6) is -1.97. The van der Waals surface area contributed by atoms with Crippen LogP contribution >= 0.6 is 0 Å². The van der Waals surface area contributed by atoms with Crippen molar-refractivity contribution in [2.75, 3.05) is 6.61 Å². The van der Waals surface area contributed by atoms with Gasteiger partial charge in [0.25, 0.3) is 0 Å². The Morgan fingerprint density at radius 1 is 0.900 bits per heavy atom. The Morgan fingerprint density at radius 2 is 1.48 bits per heavy atom. The van der Waals surface area contributed by atoms with Gasteiger partial charge in [-0.3, -0.25) is 14.4 Å². The van der Waals surface area contributed by atoms with Gasteiger partial charge in [0, 0.05) is 25.7 Å². The maximum absolute atomic E-state index is 12.6. The van der Waals surface area contributed by atoms with Crippen molar-refractivity contribution in [3.63, 3.8) is 0 Å². The summed E-state index contributed by atoms with van der Waals surface area (Å²) in [7, 11) is 0. The molecular weight excluding hydrogens is 518 g/mol. The molecule has 0 saturated carbocycles. The Labute approximate surface area is 237 Å². The lowest BCUT2D eigenvalue weighted by Crippen LogP contribution is -2.52. The molecule has 0 saturated heterocycles. The summed E-state index contributed by atoms with van der Waals surface area (Å²) in [6.45, 7) is 11.6. The van der Waals surface area contributed by atoms with Gasteiger partial charge in [0.15, 0.2) is 11.5 Å². The smallest absolute Gasteiger partial charge is 0.480 e. The highest BCUT2D eigenvalue weighted by atomic mass is 16.7. The van der Waals surface area contributed by atoms with Gasteiger partial charge < -0.3 is 29.8 Å². The Hall–Kier alpha value is -3.14. The van der Waals surface area contributed by atoms with Crippen molar-refractivity contribution in [1.29, 1.82) is 0 Å². The fraction of sp³-hybridized carbons (Fsp3) is 0.667. The van der Waals surface area contributed by atoms with Crippen molar-refractivity contribution in [3.05, 3.63) is 23.8 Å². The van der Waals surface area contributed by atoms with Gasteiger partial charge in [-0.25, -0.2) is 4.79 Å². The number of ether oxygens (including phenoxy) is 4. The molecule has 0 amide bonds. The van der Waals surface area contributed by atoms with E-state index in [0.29, 0.717) is 12.0 Å². The molecule has 226 valence electrons. The lowest BCUT2D eigenvalue weighted by molar-refractivity contribution is -0.144. The number of carbonyl (C=O) groups is 4. The third kappa shape index (κ3) is 12.8. The van der Waals surface area contributed by atoms with Gasteiger partial charge in [-0.1, -0.05) is 66.4 Å². The molecule has 1 aromatic rings. The topological polar surface area (TPSA) is 151 Å². The molecule has 1 aromatic carbocycles. The zero-order valence-electron chi connectivity index (χ0n) is 24.8. The van der Waals surface area contributed by atoms with Crippen molar-refractivity contribution in [3.8, 4) is 11.5 Å². The van der Waals surface area contributed by atoms with Gasteiger partial charge in [0.2, 0.25) is 0 Å². The van der Waals surface area contributed by atoms with Crippen LogP contribution in [0.3, 0.4) is 0 Å². The van der Waals surface area contributed by atoms with E-state index < -0.39 is 35.7 Å². The highest BCUT2D eigenvalue weighted by Crippen LogP contribution is 2.32. The van der Waals surface area contributed by atoms with E-state index >= 15 is 0 Å². The van der Waals surface area contributed by atoms with Gasteiger partial charge in [0.05, 0.1) is 6.61 Å². The quantitative estimate of drug-likeness (QED) is 0.127. The van der Waals surface area contributed by atoms with Crippen molar-refractivity contribution in [2.45, 2.75) is 111 Å². The molecule has 0 aliphatic carbocycles. The predicted molar refractivity (Wildman–Crippen MR) is 150 cm³/mol. The number of hydrogen-bond acceptors (Lipinski definition) is 9. The molecule has 10 heteroatoms. The molecule has 10 nitrogen and oxygen atoms in total. The van der Waals surface area contributed by atoms with Gasteiger partial charge >= 0.3 is 24.1 Å². The van der Waals surface area contributed by atoms with E-state index in [1.807, 2.05) is 34.6 Å². The van der Waals surface area contributed by atoms with E-state index in [2.05, 4.69) is 0 Å². The van der Waals surface area contributed by atoms with Crippen LogP contribution in [0.25, 0.3) is 0 Å². The summed E-state index contributed by atoms with van der Waals surface area (Å²) >= 11 is 0. The lowest BCUT2D eigenvalue weighted by Gasteiger charge is -2.28. The van der Waals surface area contributed by atoms with E-state index in [1.54, 1.807) is 13.0 Å².